The molecule has 1 N–H and O–H groups in total. The van der Waals surface area contributed by atoms with Crippen molar-refractivity contribution in [2.75, 3.05) is 18.0 Å². The third kappa shape index (κ3) is 3.52. The highest BCUT2D eigenvalue weighted by Crippen LogP contribution is 2.36. The number of fused-ring (bicyclic) bond motifs is 1. The summed E-state index contributed by atoms with van der Waals surface area (Å²) in [5, 5.41) is 10.1. The van der Waals surface area contributed by atoms with Crippen LogP contribution in [0.2, 0.25) is 0 Å². The Bertz CT molecular complexity index is 1280. The minimum absolute atomic E-state index is 0.0870. The fraction of sp³-hybridized carbons (Fsp3) is 0.292. The Balaban J connectivity index is 1.47. The molecule has 32 heavy (non-hydrogen) atoms. The molecule has 0 bridgehead atoms. The highest BCUT2D eigenvalue weighted by molar-refractivity contribution is 5.97. The molecule has 0 saturated heterocycles. The van der Waals surface area contributed by atoms with Crippen LogP contribution in [0.15, 0.2) is 42.7 Å². The fourth-order valence-electron chi connectivity index (χ4n) is 4.34. The summed E-state index contributed by atoms with van der Waals surface area (Å²) >= 11 is 0. The molecule has 5 rings (SSSR count). The molecule has 2 amide bonds. The second-order valence-corrected chi connectivity index (χ2v) is 8.32. The zero-order valence-electron chi connectivity index (χ0n) is 17.7. The lowest BCUT2D eigenvalue weighted by molar-refractivity contribution is -0.107. The van der Waals surface area contributed by atoms with Crippen LogP contribution in [-0.2, 0) is 4.79 Å². The average molecular weight is 426 g/mol. The Kier molecular flexibility index (Phi) is 4.94. The molecule has 1 aliphatic carbocycles. The topological polar surface area (TPSA) is 106 Å². The van der Waals surface area contributed by atoms with Gasteiger partial charge in [-0.15, -0.1) is 0 Å². The molecule has 3 aromatic rings. The maximum absolute atomic E-state index is 13.0. The predicted octanol–water partition coefficient (Wildman–Crippen LogP) is 3.13. The lowest BCUT2D eigenvalue weighted by Crippen LogP contribution is -2.38. The van der Waals surface area contributed by atoms with Crippen molar-refractivity contribution in [1.82, 2.24) is 19.9 Å². The van der Waals surface area contributed by atoms with Gasteiger partial charge in [0.25, 0.3) is 5.91 Å². The van der Waals surface area contributed by atoms with Crippen LogP contribution in [-0.4, -0.2) is 51.3 Å². The molecule has 3 aromatic heterocycles. The summed E-state index contributed by atoms with van der Waals surface area (Å²) < 4.78 is 0. The summed E-state index contributed by atoms with van der Waals surface area (Å²) in [6, 6.07) is 9.35. The number of H-pyrrole nitrogens is 1. The molecule has 1 unspecified atom stereocenters. The van der Waals surface area contributed by atoms with Gasteiger partial charge < -0.3 is 9.88 Å². The van der Waals surface area contributed by atoms with E-state index in [0.29, 0.717) is 24.5 Å². The maximum Gasteiger partial charge on any atom is 0.254 e. The number of aromatic amines is 1. The molecule has 8 heteroatoms. The van der Waals surface area contributed by atoms with Gasteiger partial charge in [-0.2, -0.15) is 5.26 Å². The van der Waals surface area contributed by atoms with Crippen molar-refractivity contribution < 1.29 is 9.59 Å². The van der Waals surface area contributed by atoms with Crippen LogP contribution in [0.5, 0.6) is 0 Å². The van der Waals surface area contributed by atoms with E-state index in [2.05, 4.69) is 28.0 Å². The number of pyridine rings is 2. The monoisotopic (exact) mass is 426 g/mol. The van der Waals surface area contributed by atoms with E-state index in [-0.39, 0.29) is 23.6 Å². The highest BCUT2D eigenvalue weighted by Gasteiger charge is 2.31. The van der Waals surface area contributed by atoms with Crippen molar-refractivity contribution in [3.63, 3.8) is 0 Å². The SMILES string of the molecule is CC1CN(C(=O)c2ccnc(C#N)c2)CC=C1c1cc(N(C=O)C2CC2)nc2[nH]ccc12. The summed E-state index contributed by atoms with van der Waals surface area (Å²) in [7, 11) is 0. The number of carbonyl (C=O) groups excluding carboxylic acids is 2. The van der Waals surface area contributed by atoms with Crippen LogP contribution >= 0.6 is 0 Å². The zero-order valence-corrected chi connectivity index (χ0v) is 17.7. The van der Waals surface area contributed by atoms with Gasteiger partial charge in [0, 0.05) is 42.5 Å². The molecule has 1 atom stereocenters. The van der Waals surface area contributed by atoms with Crippen molar-refractivity contribution in [3.05, 3.63) is 59.6 Å². The number of hydrogen-bond donors (Lipinski definition) is 1. The number of aromatic nitrogens is 3. The second kappa shape index (κ2) is 7.93. The van der Waals surface area contributed by atoms with Crippen molar-refractivity contribution in [2.24, 2.45) is 5.92 Å². The Labute approximate surface area is 185 Å². The smallest absolute Gasteiger partial charge is 0.254 e. The van der Waals surface area contributed by atoms with Gasteiger partial charge >= 0.3 is 0 Å². The van der Waals surface area contributed by atoms with E-state index in [1.165, 1.54) is 12.3 Å². The van der Waals surface area contributed by atoms with Crippen LogP contribution in [0.1, 0.15) is 41.4 Å². The lowest BCUT2D eigenvalue weighted by Gasteiger charge is -2.32. The van der Waals surface area contributed by atoms with Crippen LogP contribution in [0.25, 0.3) is 16.6 Å². The van der Waals surface area contributed by atoms with E-state index in [1.807, 2.05) is 24.4 Å². The minimum Gasteiger partial charge on any atom is -0.346 e. The first-order chi connectivity index (χ1) is 15.6. The van der Waals surface area contributed by atoms with Crippen LogP contribution in [0.3, 0.4) is 0 Å². The molecule has 1 saturated carbocycles. The third-order valence-electron chi connectivity index (χ3n) is 6.11. The molecule has 0 radical (unpaired) electrons. The van der Waals surface area contributed by atoms with Gasteiger partial charge in [-0.25, -0.2) is 9.97 Å². The summed E-state index contributed by atoms with van der Waals surface area (Å²) in [6.07, 6.45) is 8.27. The minimum atomic E-state index is -0.117. The fourth-order valence-corrected chi connectivity index (χ4v) is 4.34. The van der Waals surface area contributed by atoms with Crippen molar-refractivity contribution in [2.45, 2.75) is 25.8 Å². The van der Waals surface area contributed by atoms with Gasteiger partial charge in [-0.05, 0) is 54.2 Å². The highest BCUT2D eigenvalue weighted by atomic mass is 16.2. The van der Waals surface area contributed by atoms with Gasteiger partial charge in [0.15, 0.2) is 0 Å². The normalized spacial score (nSPS) is 18.2. The quantitative estimate of drug-likeness (QED) is 0.631. The number of carbonyl (C=O) groups is 2. The van der Waals surface area contributed by atoms with E-state index in [0.717, 1.165) is 41.4 Å². The molecule has 8 nitrogen and oxygen atoms in total. The number of nitriles is 1. The number of hydrogen-bond acceptors (Lipinski definition) is 5. The Morgan fingerprint density at radius 2 is 2.19 bits per heavy atom. The molecular formula is C24H22N6O2. The Morgan fingerprint density at radius 3 is 2.91 bits per heavy atom. The molecule has 0 aromatic carbocycles. The van der Waals surface area contributed by atoms with E-state index in [1.54, 1.807) is 15.9 Å². The molecule has 4 heterocycles. The molecule has 1 aliphatic heterocycles. The first-order valence-electron chi connectivity index (χ1n) is 10.7. The standard InChI is InChI=1S/C24H22N6O2/c1-15-13-29(24(32)16-4-7-26-17(10-16)12-25)9-6-19(15)21-11-22(30(14-31)18-2-3-18)28-23-20(21)5-8-27-23/h4-8,10-11,14-15,18H,2-3,9,13H2,1H3,(H,27,28). The number of nitrogens with one attached hydrogen (secondary N) is 1. The predicted molar refractivity (Wildman–Crippen MR) is 120 cm³/mol. The number of anilines is 1. The first kappa shape index (κ1) is 19.9. The van der Waals surface area contributed by atoms with Gasteiger partial charge in [0.1, 0.15) is 23.2 Å². The number of amides is 2. The second-order valence-electron chi connectivity index (χ2n) is 8.32. The maximum atomic E-state index is 13.0. The third-order valence-corrected chi connectivity index (χ3v) is 6.11. The Hall–Kier alpha value is -3.99. The van der Waals surface area contributed by atoms with Crippen molar-refractivity contribution in [1.29, 1.82) is 5.26 Å². The molecule has 2 aliphatic rings. The zero-order chi connectivity index (χ0) is 22.2. The first-order valence-corrected chi connectivity index (χ1v) is 10.7. The summed E-state index contributed by atoms with van der Waals surface area (Å²) in [4.78, 5) is 40.0. The number of rotatable bonds is 5. The summed E-state index contributed by atoms with van der Waals surface area (Å²) in [6.45, 7) is 3.11. The molecular weight excluding hydrogens is 404 g/mol. The van der Waals surface area contributed by atoms with Crippen molar-refractivity contribution in [3.8, 4) is 6.07 Å². The van der Waals surface area contributed by atoms with Crippen LogP contribution in [0.4, 0.5) is 5.82 Å². The average Bonchev–Trinajstić information content (AvgIpc) is 3.54. The lowest BCUT2D eigenvalue weighted by atomic mass is 9.89. The van der Waals surface area contributed by atoms with Gasteiger partial charge in [0.2, 0.25) is 6.41 Å². The molecule has 160 valence electrons. The van der Waals surface area contributed by atoms with Crippen LogP contribution < -0.4 is 4.90 Å². The summed E-state index contributed by atoms with van der Waals surface area (Å²) in [5.41, 5.74) is 3.61. The molecule has 1 fully saturated rings. The summed E-state index contributed by atoms with van der Waals surface area (Å²) in [5.74, 6) is 0.623. The number of nitrogens with zero attached hydrogens (tertiary/aromatic N) is 5. The van der Waals surface area contributed by atoms with Crippen LogP contribution in [0, 0.1) is 17.2 Å². The largest absolute Gasteiger partial charge is 0.346 e. The van der Waals surface area contributed by atoms with Gasteiger partial charge in [0.05, 0.1) is 0 Å². The van der Waals surface area contributed by atoms with Crippen molar-refractivity contribution >= 4 is 34.7 Å². The van der Waals surface area contributed by atoms with E-state index < -0.39 is 0 Å². The van der Waals surface area contributed by atoms with E-state index in [4.69, 9.17) is 5.26 Å². The Morgan fingerprint density at radius 1 is 1.34 bits per heavy atom. The molecule has 0 spiro atoms. The van der Waals surface area contributed by atoms with Gasteiger partial charge in [-0.3, -0.25) is 14.5 Å². The van der Waals surface area contributed by atoms with E-state index >= 15 is 0 Å². The van der Waals surface area contributed by atoms with E-state index in [9.17, 15) is 9.59 Å². The van der Waals surface area contributed by atoms with Gasteiger partial charge in [-0.1, -0.05) is 13.0 Å².